The molecule has 9 heteroatoms. The van der Waals surface area contributed by atoms with Crippen molar-refractivity contribution < 1.29 is 24.2 Å². The number of carbonyl (C=O) groups is 2. The summed E-state index contributed by atoms with van der Waals surface area (Å²) in [5.74, 6) is -0.323. The quantitative estimate of drug-likeness (QED) is 0.743. The Morgan fingerprint density at radius 1 is 1.21 bits per heavy atom. The van der Waals surface area contributed by atoms with E-state index in [1.165, 1.54) is 0 Å². The van der Waals surface area contributed by atoms with E-state index in [-0.39, 0.29) is 56.2 Å². The monoisotopic (exact) mass is 444 g/mol. The molecule has 3 rings (SSSR count). The van der Waals surface area contributed by atoms with Crippen LogP contribution in [0.3, 0.4) is 0 Å². The summed E-state index contributed by atoms with van der Waals surface area (Å²) in [5.41, 5.74) is 0.361. The Morgan fingerprint density at radius 3 is 2.62 bits per heavy atom. The van der Waals surface area contributed by atoms with E-state index in [1.54, 1.807) is 23.1 Å². The van der Waals surface area contributed by atoms with Crippen molar-refractivity contribution in [2.75, 3.05) is 26.3 Å². The topological polar surface area (TPSA) is 88.1 Å². The third-order valence-electron chi connectivity index (χ3n) is 5.14. The van der Waals surface area contributed by atoms with Gasteiger partial charge >= 0.3 is 0 Å². The van der Waals surface area contributed by atoms with Crippen molar-refractivity contribution >= 4 is 35.0 Å². The Bertz CT molecular complexity index is 727. The Morgan fingerprint density at radius 2 is 1.93 bits per heavy atom. The van der Waals surface area contributed by atoms with Crippen molar-refractivity contribution in [2.45, 2.75) is 50.5 Å². The van der Waals surface area contributed by atoms with E-state index < -0.39 is 6.10 Å². The summed E-state index contributed by atoms with van der Waals surface area (Å²) in [6.45, 7) is 2.91. The summed E-state index contributed by atoms with van der Waals surface area (Å²) >= 11 is 12.1. The number of β-amino-alcohol motifs (C(OH)–C–C–N with tert-alkyl or cyclic N) is 1. The number of benzene rings is 1. The van der Waals surface area contributed by atoms with Crippen molar-refractivity contribution in [3.05, 3.63) is 33.8 Å². The summed E-state index contributed by atoms with van der Waals surface area (Å²) < 4.78 is 11.7. The molecule has 160 valence electrons. The standard InChI is InChI=1S/C20H26Cl2N2O5/c1-2-23-19(26)8-16-3-4-17-18(29-16)11-28-10-15(25)9-24(17)20(27)12-5-13(21)7-14(22)6-12/h5-7,15-18,25H,2-4,8-11H2,1H3,(H,23,26)/t15-,16-,17+,18-/m0/s1. The van der Waals surface area contributed by atoms with Crippen molar-refractivity contribution in [3.8, 4) is 0 Å². The number of hydrogen-bond donors (Lipinski definition) is 2. The number of fused-ring (bicyclic) bond motifs is 1. The van der Waals surface area contributed by atoms with Crippen LogP contribution >= 0.6 is 23.2 Å². The fourth-order valence-corrected chi connectivity index (χ4v) is 4.42. The minimum absolute atomic E-state index is 0.0559. The van der Waals surface area contributed by atoms with Gasteiger partial charge in [0.2, 0.25) is 5.91 Å². The van der Waals surface area contributed by atoms with Gasteiger partial charge in [-0.2, -0.15) is 0 Å². The second kappa shape index (κ2) is 10.1. The zero-order chi connectivity index (χ0) is 21.0. The maximum atomic E-state index is 13.3. The van der Waals surface area contributed by atoms with E-state index >= 15 is 0 Å². The molecule has 7 nitrogen and oxygen atoms in total. The molecule has 0 unspecified atom stereocenters. The zero-order valence-electron chi connectivity index (χ0n) is 16.3. The maximum absolute atomic E-state index is 13.3. The van der Waals surface area contributed by atoms with E-state index in [9.17, 15) is 14.7 Å². The van der Waals surface area contributed by atoms with Gasteiger partial charge in [-0.05, 0) is 38.0 Å². The maximum Gasteiger partial charge on any atom is 0.254 e. The molecule has 0 aromatic heterocycles. The van der Waals surface area contributed by atoms with Crippen LogP contribution < -0.4 is 5.32 Å². The third kappa shape index (κ3) is 5.83. The lowest BCUT2D eigenvalue weighted by atomic mass is 9.94. The lowest BCUT2D eigenvalue weighted by Gasteiger charge is -2.44. The van der Waals surface area contributed by atoms with E-state index in [1.807, 2.05) is 6.92 Å². The highest BCUT2D eigenvalue weighted by Crippen LogP contribution is 2.29. The Kier molecular flexibility index (Phi) is 7.76. The van der Waals surface area contributed by atoms with Gasteiger partial charge in [0.15, 0.2) is 0 Å². The fourth-order valence-electron chi connectivity index (χ4n) is 3.89. The number of hydrogen-bond acceptors (Lipinski definition) is 5. The summed E-state index contributed by atoms with van der Waals surface area (Å²) in [7, 11) is 0. The van der Waals surface area contributed by atoms with Crippen molar-refractivity contribution in [2.24, 2.45) is 0 Å². The van der Waals surface area contributed by atoms with Gasteiger partial charge in [-0.1, -0.05) is 23.2 Å². The molecule has 2 N–H and O–H groups in total. The second-order valence-electron chi connectivity index (χ2n) is 7.41. The van der Waals surface area contributed by atoms with E-state index in [0.717, 1.165) is 0 Å². The molecule has 0 bridgehead atoms. The van der Waals surface area contributed by atoms with Crippen LogP contribution in [0.5, 0.6) is 0 Å². The van der Waals surface area contributed by atoms with Crippen LogP contribution in [0.15, 0.2) is 18.2 Å². The number of ether oxygens (including phenoxy) is 2. The van der Waals surface area contributed by atoms with Gasteiger partial charge in [-0.25, -0.2) is 0 Å². The first kappa shape index (κ1) is 22.3. The first-order valence-electron chi connectivity index (χ1n) is 9.82. The Labute approximate surface area is 180 Å². The molecule has 4 atom stereocenters. The fraction of sp³-hybridized carbons (Fsp3) is 0.600. The molecule has 1 aromatic carbocycles. The molecule has 2 fully saturated rings. The number of aliphatic hydroxyl groups excluding tert-OH is 1. The first-order valence-corrected chi connectivity index (χ1v) is 10.6. The first-order chi connectivity index (χ1) is 13.9. The summed E-state index contributed by atoms with van der Waals surface area (Å²) in [6, 6.07) is 4.41. The lowest BCUT2D eigenvalue weighted by molar-refractivity contribution is -0.150. The Balaban J connectivity index is 1.78. The number of halogens is 2. The summed E-state index contributed by atoms with van der Waals surface area (Å²) in [6.07, 6.45) is 0.141. The minimum Gasteiger partial charge on any atom is -0.389 e. The molecule has 0 saturated carbocycles. The summed E-state index contributed by atoms with van der Waals surface area (Å²) in [5, 5.41) is 13.8. The average Bonchev–Trinajstić information content (AvgIpc) is 2.64. The van der Waals surface area contributed by atoms with Crippen LogP contribution in [0.25, 0.3) is 0 Å². The molecule has 2 aliphatic rings. The minimum atomic E-state index is -0.803. The normalized spacial score (nSPS) is 27.5. The smallest absolute Gasteiger partial charge is 0.254 e. The van der Waals surface area contributed by atoms with Gasteiger partial charge in [-0.15, -0.1) is 0 Å². The Hall–Kier alpha value is -1.38. The summed E-state index contributed by atoms with van der Waals surface area (Å²) in [4.78, 5) is 26.8. The van der Waals surface area contributed by atoms with E-state index in [0.29, 0.717) is 35.0 Å². The van der Waals surface area contributed by atoms with Gasteiger partial charge in [0.1, 0.15) is 6.10 Å². The third-order valence-corrected chi connectivity index (χ3v) is 5.57. The molecule has 2 saturated heterocycles. The number of aliphatic hydroxyl groups is 1. The van der Waals surface area contributed by atoms with Gasteiger partial charge in [0.25, 0.3) is 5.91 Å². The van der Waals surface area contributed by atoms with E-state index in [4.69, 9.17) is 32.7 Å². The van der Waals surface area contributed by atoms with Crippen LogP contribution in [-0.4, -0.2) is 72.5 Å². The van der Waals surface area contributed by atoms with Crippen LogP contribution in [0.2, 0.25) is 10.0 Å². The molecule has 0 spiro atoms. The number of rotatable bonds is 4. The van der Waals surface area contributed by atoms with Crippen LogP contribution in [0.1, 0.15) is 36.5 Å². The predicted octanol–water partition coefficient (Wildman–Crippen LogP) is 2.27. The molecule has 2 heterocycles. The molecule has 2 amide bonds. The van der Waals surface area contributed by atoms with Crippen molar-refractivity contribution in [3.63, 3.8) is 0 Å². The molecule has 2 aliphatic heterocycles. The highest BCUT2D eigenvalue weighted by molar-refractivity contribution is 6.35. The van der Waals surface area contributed by atoms with Crippen LogP contribution in [0, 0.1) is 0 Å². The van der Waals surface area contributed by atoms with Crippen molar-refractivity contribution in [1.29, 1.82) is 0 Å². The van der Waals surface area contributed by atoms with Gasteiger partial charge in [-0.3, -0.25) is 9.59 Å². The van der Waals surface area contributed by atoms with Crippen molar-refractivity contribution in [1.82, 2.24) is 10.2 Å². The number of amides is 2. The highest BCUT2D eigenvalue weighted by atomic mass is 35.5. The molecular weight excluding hydrogens is 419 g/mol. The molecule has 29 heavy (non-hydrogen) atoms. The number of nitrogens with one attached hydrogen (secondary N) is 1. The zero-order valence-corrected chi connectivity index (χ0v) is 17.8. The average molecular weight is 445 g/mol. The SMILES string of the molecule is CCNC(=O)C[C@@H]1CC[C@@H]2[C@H](COC[C@@H](O)CN2C(=O)c2cc(Cl)cc(Cl)c2)O1. The molecular formula is C20H26Cl2N2O5. The van der Waals surface area contributed by atoms with Gasteiger partial charge in [0.05, 0.1) is 37.9 Å². The van der Waals surface area contributed by atoms with Crippen LogP contribution in [0.4, 0.5) is 0 Å². The largest absolute Gasteiger partial charge is 0.389 e. The van der Waals surface area contributed by atoms with Gasteiger partial charge < -0.3 is 24.8 Å². The molecule has 1 aromatic rings. The second-order valence-corrected chi connectivity index (χ2v) is 8.28. The van der Waals surface area contributed by atoms with Gasteiger partial charge in [0, 0.05) is 28.7 Å². The van der Waals surface area contributed by atoms with Crippen LogP contribution in [-0.2, 0) is 14.3 Å². The highest BCUT2D eigenvalue weighted by Gasteiger charge is 2.40. The predicted molar refractivity (Wildman–Crippen MR) is 109 cm³/mol. The molecule has 0 radical (unpaired) electrons. The number of nitrogens with zero attached hydrogens (tertiary/aromatic N) is 1. The number of carbonyl (C=O) groups excluding carboxylic acids is 2. The van der Waals surface area contributed by atoms with E-state index in [2.05, 4.69) is 5.32 Å². The molecule has 0 aliphatic carbocycles. The lowest BCUT2D eigenvalue weighted by Crippen LogP contribution is -2.57.